The maximum atomic E-state index is 6.54. The first-order valence-corrected chi connectivity index (χ1v) is 8.51. The third kappa shape index (κ3) is 4.00. The van der Waals surface area contributed by atoms with Crippen molar-refractivity contribution < 1.29 is 4.74 Å². The van der Waals surface area contributed by atoms with Crippen LogP contribution in [0, 0.1) is 0 Å². The molecule has 2 aromatic carbocycles. The zero-order valence-corrected chi connectivity index (χ0v) is 15.6. The first-order valence-electron chi connectivity index (χ1n) is 6.14. The fourth-order valence-corrected chi connectivity index (χ4v) is 3.57. The van der Waals surface area contributed by atoms with Gasteiger partial charge < -0.3 is 4.74 Å². The van der Waals surface area contributed by atoms with Crippen molar-refractivity contribution in [2.24, 2.45) is 0 Å². The molecule has 0 saturated heterocycles. The number of rotatable bonds is 4. The Labute approximate surface area is 152 Å². The standard InChI is InChI=1S/C15H11BrCl4O/c1-2-21-14-7-12(18)10(6-13(14)19)15(20)9-5-8(17)3-4-11(9)16/h3-7,15H,2H2,1H3. The molecule has 6 heteroatoms. The van der Waals surface area contributed by atoms with Gasteiger partial charge in [-0.1, -0.05) is 50.7 Å². The second-order valence-electron chi connectivity index (χ2n) is 4.27. The van der Waals surface area contributed by atoms with E-state index in [1.807, 2.05) is 13.0 Å². The van der Waals surface area contributed by atoms with Gasteiger partial charge in [0.25, 0.3) is 0 Å². The second-order valence-corrected chi connectivity index (χ2v) is 6.81. The van der Waals surface area contributed by atoms with Crippen LogP contribution in [-0.4, -0.2) is 6.61 Å². The maximum Gasteiger partial charge on any atom is 0.139 e. The van der Waals surface area contributed by atoms with Gasteiger partial charge in [-0.25, -0.2) is 0 Å². The second kappa shape index (κ2) is 7.43. The Hall–Kier alpha value is -0.120. The molecule has 0 heterocycles. The van der Waals surface area contributed by atoms with Gasteiger partial charge in [0.05, 0.1) is 17.0 Å². The van der Waals surface area contributed by atoms with Crippen LogP contribution in [0.4, 0.5) is 0 Å². The van der Waals surface area contributed by atoms with Crippen molar-refractivity contribution in [3.8, 4) is 5.75 Å². The molecule has 2 aromatic rings. The van der Waals surface area contributed by atoms with E-state index in [4.69, 9.17) is 51.1 Å². The van der Waals surface area contributed by atoms with E-state index in [1.165, 1.54) is 0 Å². The summed E-state index contributed by atoms with van der Waals surface area (Å²) >= 11 is 28.5. The first kappa shape index (κ1) is 17.2. The summed E-state index contributed by atoms with van der Waals surface area (Å²) in [6, 6.07) is 8.82. The molecule has 1 nitrogen and oxygen atoms in total. The highest BCUT2D eigenvalue weighted by atomic mass is 79.9. The van der Waals surface area contributed by atoms with Crippen LogP contribution in [0.25, 0.3) is 0 Å². The van der Waals surface area contributed by atoms with Crippen LogP contribution in [-0.2, 0) is 0 Å². The van der Waals surface area contributed by atoms with Crippen LogP contribution in [0.3, 0.4) is 0 Å². The Kier molecular flexibility index (Phi) is 6.10. The molecule has 1 unspecified atom stereocenters. The zero-order valence-electron chi connectivity index (χ0n) is 11.0. The molecule has 0 radical (unpaired) electrons. The number of benzene rings is 2. The molecule has 0 saturated carbocycles. The number of hydrogen-bond acceptors (Lipinski definition) is 1. The van der Waals surface area contributed by atoms with Gasteiger partial charge in [-0.3, -0.25) is 0 Å². The van der Waals surface area contributed by atoms with Crippen LogP contribution in [0.5, 0.6) is 5.75 Å². The molecule has 1 atom stereocenters. The minimum absolute atomic E-state index is 0.472. The van der Waals surface area contributed by atoms with Gasteiger partial charge in [0.15, 0.2) is 0 Å². The van der Waals surface area contributed by atoms with Crippen molar-refractivity contribution >= 4 is 62.3 Å². The van der Waals surface area contributed by atoms with Crippen LogP contribution in [0.2, 0.25) is 15.1 Å². The molecule has 0 N–H and O–H groups in total. The van der Waals surface area contributed by atoms with E-state index in [0.717, 1.165) is 10.0 Å². The van der Waals surface area contributed by atoms with Gasteiger partial charge >= 0.3 is 0 Å². The quantitative estimate of drug-likeness (QED) is 0.470. The third-order valence-electron chi connectivity index (χ3n) is 2.86. The lowest BCUT2D eigenvalue weighted by molar-refractivity contribution is 0.340. The predicted octanol–water partition coefficient (Wildman–Crippen LogP) is 7.14. The van der Waals surface area contributed by atoms with Crippen molar-refractivity contribution in [1.82, 2.24) is 0 Å². The topological polar surface area (TPSA) is 9.23 Å². The van der Waals surface area contributed by atoms with Gasteiger partial charge in [0.2, 0.25) is 0 Å². The summed E-state index contributed by atoms with van der Waals surface area (Å²) in [4.78, 5) is 0. The summed E-state index contributed by atoms with van der Waals surface area (Å²) in [6.45, 7) is 2.39. The molecule has 0 bridgehead atoms. The van der Waals surface area contributed by atoms with E-state index in [0.29, 0.717) is 33.0 Å². The van der Waals surface area contributed by atoms with E-state index < -0.39 is 5.38 Å². The van der Waals surface area contributed by atoms with Crippen molar-refractivity contribution in [2.45, 2.75) is 12.3 Å². The van der Waals surface area contributed by atoms with Gasteiger partial charge in [-0.2, -0.15) is 0 Å². The molecule has 0 aliphatic heterocycles. The summed E-state index contributed by atoms with van der Waals surface area (Å²) in [5, 5.41) is 1.10. The summed E-state index contributed by atoms with van der Waals surface area (Å²) in [7, 11) is 0. The Balaban J connectivity index is 2.46. The molecule has 0 aromatic heterocycles. The molecule has 2 rings (SSSR count). The van der Waals surface area contributed by atoms with Crippen molar-refractivity contribution in [2.75, 3.05) is 6.61 Å². The molecular formula is C15H11BrCl4O. The van der Waals surface area contributed by atoms with E-state index >= 15 is 0 Å². The highest BCUT2D eigenvalue weighted by molar-refractivity contribution is 9.10. The lowest BCUT2D eigenvalue weighted by Gasteiger charge is -2.16. The minimum atomic E-state index is -0.473. The van der Waals surface area contributed by atoms with Crippen molar-refractivity contribution in [3.63, 3.8) is 0 Å². The van der Waals surface area contributed by atoms with E-state index in [2.05, 4.69) is 15.9 Å². The number of alkyl halides is 1. The SMILES string of the molecule is CCOc1cc(Cl)c(C(Cl)c2cc(Cl)ccc2Br)cc1Cl. The number of hydrogen-bond donors (Lipinski definition) is 0. The Bertz CT molecular complexity index is 660. The Morgan fingerprint density at radius 2 is 1.76 bits per heavy atom. The Morgan fingerprint density at radius 3 is 2.43 bits per heavy atom. The largest absolute Gasteiger partial charge is 0.492 e. The fraction of sp³-hybridized carbons (Fsp3) is 0.200. The molecule has 0 aliphatic rings. The van der Waals surface area contributed by atoms with E-state index in [9.17, 15) is 0 Å². The van der Waals surface area contributed by atoms with Gasteiger partial charge in [0.1, 0.15) is 5.75 Å². The molecule has 112 valence electrons. The minimum Gasteiger partial charge on any atom is -0.492 e. The summed E-state index contributed by atoms with van der Waals surface area (Å²) in [5.41, 5.74) is 1.53. The molecule has 0 spiro atoms. The van der Waals surface area contributed by atoms with Crippen molar-refractivity contribution in [3.05, 3.63) is 61.0 Å². The summed E-state index contributed by atoms with van der Waals surface area (Å²) in [6.07, 6.45) is 0. The molecule has 21 heavy (non-hydrogen) atoms. The molecule has 0 fully saturated rings. The highest BCUT2D eigenvalue weighted by Gasteiger charge is 2.19. The predicted molar refractivity (Wildman–Crippen MR) is 94.5 cm³/mol. The lowest BCUT2D eigenvalue weighted by Crippen LogP contribution is -1.98. The summed E-state index contributed by atoms with van der Waals surface area (Å²) in [5.74, 6) is 0.543. The van der Waals surface area contributed by atoms with Crippen LogP contribution in [0.1, 0.15) is 23.4 Å². The molecular weight excluding hydrogens is 418 g/mol. The average Bonchev–Trinajstić information content (AvgIpc) is 2.44. The van der Waals surface area contributed by atoms with Gasteiger partial charge in [-0.15, -0.1) is 11.6 Å². The normalized spacial score (nSPS) is 12.3. The Morgan fingerprint density at radius 1 is 1.05 bits per heavy atom. The van der Waals surface area contributed by atoms with E-state index in [-0.39, 0.29) is 0 Å². The van der Waals surface area contributed by atoms with Crippen molar-refractivity contribution in [1.29, 1.82) is 0 Å². The first-order chi connectivity index (χ1) is 9.93. The maximum absolute atomic E-state index is 6.54. The van der Waals surface area contributed by atoms with Gasteiger partial charge in [-0.05, 0) is 42.3 Å². The smallest absolute Gasteiger partial charge is 0.139 e. The third-order valence-corrected chi connectivity index (χ3v) is 4.91. The fourth-order valence-electron chi connectivity index (χ4n) is 1.88. The zero-order chi connectivity index (χ0) is 15.6. The lowest BCUT2D eigenvalue weighted by atomic mass is 10.0. The van der Waals surface area contributed by atoms with E-state index in [1.54, 1.807) is 24.3 Å². The number of ether oxygens (including phenoxy) is 1. The van der Waals surface area contributed by atoms with Crippen LogP contribution in [0.15, 0.2) is 34.8 Å². The average molecular weight is 429 g/mol. The van der Waals surface area contributed by atoms with Crippen LogP contribution < -0.4 is 4.74 Å². The number of halogens is 5. The molecule has 0 aliphatic carbocycles. The molecule has 0 amide bonds. The van der Waals surface area contributed by atoms with Crippen LogP contribution >= 0.6 is 62.3 Å². The monoisotopic (exact) mass is 426 g/mol. The summed E-state index contributed by atoms with van der Waals surface area (Å²) < 4.78 is 6.27. The highest BCUT2D eigenvalue weighted by Crippen LogP contribution is 2.41. The van der Waals surface area contributed by atoms with Gasteiger partial charge in [0, 0.05) is 20.6 Å².